The highest BCUT2D eigenvalue weighted by molar-refractivity contribution is 7.90. The first-order chi connectivity index (χ1) is 9.92. The lowest BCUT2D eigenvalue weighted by molar-refractivity contribution is 0.264. The fourth-order valence-electron chi connectivity index (χ4n) is 2.75. The minimum atomic E-state index is -3.47. The molecule has 0 bridgehead atoms. The van der Waals surface area contributed by atoms with Crippen molar-refractivity contribution in [3.05, 3.63) is 29.3 Å². The van der Waals surface area contributed by atoms with E-state index in [1.54, 1.807) is 4.31 Å². The van der Waals surface area contributed by atoms with Gasteiger partial charge in [0.2, 0.25) is 0 Å². The Hall–Kier alpha value is -1.11. The number of piperidine rings is 1. The smallest absolute Gasteiger partial charge is 0.301 e. The number of benzene rings is 1. The molecule has 1 aliphatic rings. The van der Waals surface area contributed by atoms with Gasteiger partial charge in [-0.1, -0.05) is 12.1 Å². The molecule has 21 heavy (non-hydrogen) atoms. The predicted molar refractivity (Wildman–Crippen MR) is 86.7 cm³/mol. The zero-order valence-electron chi connectivity index (χ0n) is 13.0. The molecule has 1 fully saturated rings. The number of anilines is 1. The zero-order chi connectivity index (χ0) is 15.5. The van der Waals surface area contributed by atoms with Crippen molar-refractivity contribution in [3.8, 4) is 0 Å². The van der Waals surface area contributed by atoms with Crippen LogP contribution in [0.5, 0.6) is 0 Å². The molecule has 1 aromatic rings. The lowest BCUT2D eigenvalue weighted by Crippen LogP contribution is -2.44. The van der Waals surface area contributed by atoms with Crippen molar-refractivity contribution in [2.75, 3.05) is 31.4 Å². The van der Waals surface area contributed by atoms with Gasteiger partial charge < -0.3 is 5.32 Å². The Bertz CT molecular complexity index is 585. The summed E-state index contributed by atoms with van der Waals surface area (Å²) in [7, 11) is -1.57. The summed E-state index contributed by atoms with van der Waals surface area (Å²) in [5.41, 5.74) is 2.66. The summed E-state index contributed by atoms with van der Waals surface area (Å²) in [5.74, 6) is 0.388. The van der Waals surface area contributed by atoms with E-state index in [9.17, 15) is 8.42 Å². The number of aryl methyl sites for hydroxylation is 2. The van der Waals surface area contributed by atoms with Gasteiger partial charge in [-0.25, -0.2) is 0 Å². The highest BCUT2D eigenvalue weighted by Crippen LogP contribution is 2.22. The van der Waals surface area contributed by atoms with Crippen molar-refractivity contribution >= 4 is 15.9 Å². The van der Waals surface area contributed by atoms with Crippen LogP contribution in [0.1, 0.15) is 24.0 Å². The van der Waals surface area contributed by atoms with E-state index in [1.807, 2.05) is 39.1 Å². The Morgan fingerprint density at radius 1 is 1.33 bits per heavy atom. The number of rotatable bonds is 5. The van der Waals surface area contributed by atoms with Gasteiger partial charge in [-0.15, -0.1) is 0 Å². The molecule has 0 spiro atoms. The van der Waals surface area contributed by atoms with Crippen LogP contribution in [-0.4, -0.2) is 39.4 Å². The van der Waals surface area contributed by atoms with E-state index < -0.39 is 10.2 Å². The summed E-state index contributed by atoms with van der Waals surface area (Å²) in [6.45, 7) is 5.91. The highest BCUT2D eigenvalue weighted by Gasteiger charge is 2.28. The first kappa shape index (κ1) is 16.3. The van der Waals surface area contributed by atoms with Crippen molar-refractivity contribution in [3.63, 3.8) is 0 Å². The predicted octanol–water partition coefficient (Wildman–Crippen LogP) is 1.89. The van der Waals surface area contributed by atoms with E-state index in [0.717, 1.165) is 30.5 Å². The van der Waals surface area contributed by atoms with Gasteiger partial charge in [-0.3, -0.25) is 4.72 Å². The molecule has 5 nitrogen and oxygen atoms in total. The minimum absolute atomic E-state index is 0.388. The number of nitrogens with zero attached hydrogens (tertiary/aromatic N) is 1. The average molecular weight is 311 g/mol. The molecule has 6 heteroatoms. The molecule has 1 saturated heterocycles. The lowest BCUT2D eigenvalue weighted by Gasteiger charge is -2.32. The molecule has 118 valence electrons. The minimum Gasteiger partial charge on any atom is -0.319 e. The van der Waals surface area contributed by atoms with Crippen molar-refractivity contribution in [2.24, 2.45) is 5.92 Å². The summed E-state index contributed by atoms with van der Waals surface area (Å²) in [5, 5.41) is 3.13. The summed E-state index contributed by atoms with van der Waals surface area (Å²) in [4.78, 5) is 0. The normalized spacial score (nSPS) is 20.4. The molecule has 2 N–H and O–H groups in total. The van der Waals surface area contributed by atoms with Crippen LogP contribution in [0, 0.1) is 19.8 Å². The number of hydrogen-bond donors (Lipinski definition) is 2. The topological polar surface area (TPSA) is 61.4 Å². The average Bonchev–Trinajstić information content (AvgIpc) is 2.43. The van der Waals surface area contributed by atoms with Gasteiger partial charge in [0.15, 0.2) is 0 Å². The maximum absolute atomic E-state index is 12.6. The molecule has 0 amide bonds. The maximum Gasteiger partial charge on any atom is 0.301 e. The van der Waals surface area contributed by atoms with E-state index in [1.165, 1.54) is 0 Å². The van der Waals surface area contributed by atoms with Gasteiger partial charge in [0.25, 0.3) is 0 Å². The van der Waals surface area contributed by atoms with Gasteiger partial charge in [0, 0.05) is 13.1 Å². The van der Waals surface area contributed by atoms with Gasteiger partial charge >= 0.3 is 10.2 Å². The first-order valence-electron chi connectivity index (χ1n) is 7.42. The fourth-order valence-corrected chi connectivity index (χ4v) is 4.15. The van der Waals surface area contributed by atoms with Gasteiger partial charge in [-0.05, 0) is 63.4 Å². The first-order valence-corrected chi connectivity index (χ1v) is 8.86. The summed E-state index contributed by atoms with van der Waals surface area (Å²) in [6, 6.07) is 5.80. The van der Waals surface area contributed by atoms with Crippen LogP contribution in [0.2, 0.25) is 0 Å². The third kappa shape index (κ3) is 4.18. The molecule has 1 aromatic carbocycles. The van der Waals surface area contributed by atoms with Crippen LogP contribution in [0.4, 0.5) is 5.69 Å². The Balaban J connectivity index is 2.12. The van der Waals surface area contributed by atoms with Crippen LogP contribution >= 0.6 is 0 Å². The fraction of sp³-hybridized carbons (Fsp3) is 0.600. The molecule has 0 aromatic heterocycles. The molecule has 2 rings (SSSR count). The molecule has 1 heterocycles. The van der Waals surface area contributed by atoms with E-state index >= 15 is 0 Å². The second-order valence-corrected chi connectivity index (χ2v) is 7.52. The largest absolute Gasteiger partial charge is 0.319 e. The lowest BCUT2D eigenvalue weighted by atomic mass is 10.00. The van der Waals surface area contributed by atoms with Gasteiger partial charge in [-0.2, -0.15) is 12.7 Å². The quantitative estimate of drug-likeness (QED) is 0.873. The van der Waals surface area contributed by atoms with Gasteiger partial charge in [0.1, 0.15) is 0 Å². The SMILES string of the molecule is CNCC1CCCN(S(=O)(=O)Nc2cc(C)ccc2C)C1. The third-order valence-corrected chi connectivity index (χ3v) is 5.44. The Morgan fingerprint density at radius 3 is 2.81 bits per heavy atom. The number of nitrogens with one attached hydrogen (secondary N) is 2. The summed E-state index contributed by atoms with van der Waals surface area (Å²) in [6.07, 6.45) is 2.00. The number of hydrogen-bond acceptors (Lipinski definition) is 3. The van der Waals surface area contributed by atoms with E-state index in [-0.39, 0.29) is 0 Å². The summed E-state index contributed by atoms with van der Waals surface area (Å²) >= 11 is 0. The maximum atomic E-state index is 12.6. The van der Waals surface area contributed by atoms with Crippen molar-refractivity contribution in [1.29, 1.82) is 0 Å². The molecule has 1 aliphatic heterocycles. The van der Waals surface area contributed by atoms with E-state index in [2.05, 4.69) is 10.0 Å². The van der Waals surface area contributed by atoms with Crippen LogP contribution in [0.15, 0.2) is 18.2 Å². The van der Waals surface area contributed by atoms with Gasteiger partial charge in [0.05, 0.1) is 5.69 Å². The van der Waals surface area contributed by atoms with E-state index in [4.69, 9.17) is 0 Å². The molecule has 1 atom stereocenters. The molecular formula is C15H25N3O2S. The van der Waals surface area contributed by atoms with Crippen molar-refractivity contribution < 1.29 is 8.42 Å². The molecule has 1 unspecified atom stereocenters. The molecule has 0 saturated carbocycles. The van der Waals surface area contributed by atoms with Crippen LogP contribution in [0.3, 0.4) is 0 Å². The standard InChI is InChI=1S/C15H25N3O2S/c1-12-6-7-13(2)15(9-12)17-21(19,20)18-8-4-5-14(11-18)10-16-3/h6-7,9,14,16-17H,4-5,8,10-11H2,1-3H3. The highest BCUT2D eigenvalue weighted by atomic mass is 32.2. The Morgan fingerprint density at radius 2 is 2.10 bits per heavy atom. The second-order valence-electron chi connectivity index (χ2n) is 5.85. The van der Waals surface area contributed by atoms with Crippen molar-refractivity contribution in [2.45, 2.75) is 26.7 Å². The Labute approximate surface area is 127 Å². The molecular weight excluding hydrogens is 286 g/mol. The molecule has 0 radical (unpaired) electrons. The van der Waals surface area contributed by atoms with Crippen LogP contribution in [0.25, 0.3) is 0 Å². The second kappa shape index (κ2) is 6.77. The monoisotopic (exact) mass is 311 g/mol. The molecule has 0 aliphatic carbocycles. The van der Waals surface area contributed by atoms with E-state index in [0.29, 0.717) is 24.7 Å². The Kier molecular flexibility index (Phi) is 5.24. The third-order valence-electron chi connectivity index (χ3n) is 3.95. The summed E-state index contributed by atoms with van der Waals surface area (Å²) < 4.78 is 29.4. The zero-order valence-corrected chi connectivity index (χ0v) is 13.8. The van der Waals surface area contributed by atoms with Crippen LogP contribution < -0.4 is 10.0 Å². The van der Waals surface area contributed by atoms with Crippen LogP contribution in [-0.2, 0) is 10.2 Å². The van der Waals surface area contributed by atoms with Crippen molar-refractivity contribution in [1.82, 2.24) is 9.62 Å².